The van der Waals surface area contributed by atoms with Crippen LogP contribution in [0.2, 0.25) is 0 Å². The van der Waals surface area contributed by atoms with Crippen molar-refractivity contribution in [2.45, 2.75) is 25.3 Å². The molecule has 0 radical (unpaired) electrons. The fourth-order valence-electron chi connectivity index (χ4n) is 2.42. The summed E-state index contributed by atoms with van der Waals surface area (Å²) in [5.41, 5.74) is -0.155. The molecule has 1 aromatic rings. The van der Waals surface area contributed by atoms with Crippen LogP contribution in [-0.2, 0) is 4.79 Å². The molecule has 1 atom stereocenters. The highest BCUT2D eigenvalue weighted by atomic mass is 19.1. The Kier molecular flexibility index (Phi) is 4.22. The van der Waals surface area contributed by atoms with Gasteiger partial charge >= 0.3 is 5.97 Å². The highest BCUT2D eigenvalue weighted by molar-refractivity contribution is 5.97. The quantitative estimate of drug-likeness (QED) is 0.919. The van der Waals surface area contributed by atoms with Crippen molar-refractivity contribution >= 4 is 11.9 Å². The summed E-state index contributed by atoms with van der Waals surface area (Å²) in [5, 5.41) is 9.16. The molecule has 1 unspecified atom stereocenters. The second-order valence-corrected chi connectivity index (χ2v) is 4.67. The number of benzene rings is 1. The highest BCUT2D eigenvalue weighted by Crippen LogP contribution is 2.25. The summed E-state index contributed by atoms with van der Waals surface area (Å²) in [7, 11) is 1.31. The molecule has 1 aromatic carbocycles. The lowest BCUT2D eigenvalue weighted by molar-refractivity contribution is -0.143. The summed E-state index contributed by atoms with van der Waals surface area (Å²) in [5.74, 6) is -2.44. The van der Waals surface area contributed by atoms with Gasteiger partial charge in [0.15, 0.2) is 11.6 Å². The molecule has 1 fully saturated rings. The lowest BCUT2D eigenvalue weighted by Crippen LogP contribution is -2.48. The Morgan fingerprint density at radius 3 is 2.80 bits per heavy atom. The predicted octanol–water partition coefficient (Wildman–Crippen LogP) is 1.91. The largest absolute Gasteiger partial charge is 0.494 e. The zero-order valence-corrected chi connectivity index (χ0v) is 11.1. The van der Waals surface area contributed by atoms with Crippen molar-refractivity contribution in [2.24, 2.45) is 0 Å². The van der Waals surface area contributed by atoms with E-state index >= 15 is 0 Å². The van der Waals surface area contributed by atoms with Gasteiger partial charge in [0.2, 0.25) is 0 Å². The first kappa shape index (κ1) is 14.3. The van der Waals surface area contributed by atoms with Gasteiger partial charge < -0.3 is 14.7 Å². The van der Waals surface area contributed by atoms with E-state index in [-0.39, 0.29) is 11.3 Å². The lowest BCUT2D eigenvalue weighted by Gasteiger charge is -2.33. The van der Waals surface area contributed by atoms with E-state index in [0.29, 0.717) is 13.0 Å². The molecule has 0 aliphatic carbocycles. The Hall–Kier alpha value is -2.11. The second kappa shape index (κ2) is 5.90. The van der Waals surface area contributed by atoms with Crippen molar-refractivity contribution in [3.63, 3.8) is 0 Å². The molecule has 2 rings (SSSR count). The molecule has 1 amide bonds. The van der Waals surface area contributed by atoms with Crippen molar-refractivity contribution in [1.29, 1.82) is 0 Å². The topological polar surface area (TPSA) is 66.8 Å². The number of likely N-dealkylation sites (tertiary alicyclic amines) is 1. The zero-order valence-electron chi connectivity index (χ0n) is 11.1. The molecular formula is C14H16FNO4. The third-order valence-corrected chi connectivity index (χ3v) is 3.46. The van der Waals surface area contributed by atoms with Crippen LogP contribution in [0.25, 0.3) is 0 Å². The Morgan fingerprint density at radius 1 is 1.40 bits per heavy atom. The number of carboxylic acids is 1. The first-order chi connectivity index (χ1) is 9.56. The third-order valence-electron chi connectivity index (χ3n) is 3.46. The van der Waals surface area contributed by atoms with Crippen LogP contribution in [-0.4, -0.2) is 41.6 Å². The minimum Gasteiger partial charge on any atom is -0.494 e. The second-order valence-electron chi connectivity index (χ2n) is 4.67. The van der Waals surface area contributed by atoms with E-state index in [1.807, 2.05) is 0 Å². The molecule has 20 heavy (non-hydrogen) atoms. The van der Waals surface area contributed by atoms with Gasteiger partial charge in [-0.25, -0.2) is 9.18 Å². The SMILES string of the molecule is COc1cccc(C(=O)N2CCCCC2C(=O)O)c1F. The standard InChI is InChI=1S/C14H16FNO4/c1-20-11-7-4-5-9(12(11)15)13(17)16-8-3-2-6-10(16)14(18)19/h4-5,7,10H,2-3,6,8H2,1H3,(H,18,19). The summed E-state index contributed by atoms with van der Waals surface area (Å²) in [6, 6.07) is 3.38. The number of halogens is 1. The van der Waals surface area contributed by atoms with Crippen LogP contribution in [0.4, 0.5) is 4.39 Å². The number of hydrogen-bond donors (Lipinski definition) is 1. The van der Waals surface area contributed by atoms with Gasteiger partial charge in [-0.05, 0) is 31.4 Å². The van der Waals surface area contributed by atoms with Gasteiger partial charge in [0.25, 0.3) is 5.91 Å². The Labute approximate surface area is 116 Å². The number of carbonyl (C=O) groups is 2. The van der Waals surface area contributed by atoms with E-state index in [2.05, 4.69) is 0 Å². The molecule has 0 spiro atoms. The molecule has 1 aliphatic rings. The molecular weight excluding hydrogens is 265 g/mol. The van der Waals surface area contributed by atoms with Gasteiger partial charge in [0, 0.05) is 6.54 Å². The smallest absolute Gasteiger partial charge is 0.326 e. The normalized spacial score (nSPS) is 18.7. The zero-order chi connectivity index (χ0) is 14.7. The van der Waals surface area contributed by atoms with Crippen LogP contribution in [0.3, 0.4) is 0 Å². The first-order valence-corrected chi connectivity index (χ1v) is 6.42. The fourth-order valence-corrected chi connectivity index (χ4v) is 2.42. The van der Waals surface area contributed by atoms with Gasteiger partial charge in [0.05, 0.1) is 12.7 Å². The van der Waals surface area contributed by atoms with Crippen LogP contribution >= 0.6 is 0 Å². The summed E-state index contributed by atoms with van der Waals surface area (Å²) in [6.07, 6.45) is 1.87. The van der Waals surface area contributed by atoms with Gasteiger partial charge in [-0.1, -0.05) is 6.07 Å². The van der Waals surface area contributed by atoms with Gasteiger partial charge in [-0.3, -0.25) is 4.79 Å². The first-order valence-electron chi connectivity index (χ1n) is 6.42. The third kappa shape index (κ3) is 2.59. The average molecular weight is 281 g/mol. The molecule has 1 saturated heterocycles. The van der Waals surface area contributed by atoms with Crippen molar-refractivity contribution < 1.29 is 23.8 Å². The van der Waals surface area contributed by atoms with Crippen LogP contribution in [0.15, 0.2) is 18.2 Å². The number of hydrogen-bond acceptors (Lipinski definition) is 3. The number of piperidine rings is 1. The number of ether oxygens (including phenoxy) is 1. The molecule has 5 nitrogen and oxygen atoms in total. The number of carboxylic acid groups (broad SMARTS) is 1. The van der Waals surface area contributed by atoms with Crippen LogP contribution < -0.4 is 4.74 Å². The molecule has 0 saturated carbocycles. The maximum Gasteiger partial charge on any atom is 0.326 e. The van der Waals surface area contributed by atoms with Gasteiger partial charge in [-0.15, -0.1) is 0 Å². The molecule has 0 aromatic heterocycles. The molecule has 6 heteroatoms. The average Bonchev–Trinajstić information content (AvgIpc) is 2.46. The van der Waals surface area contributed by atoms with Crippen molar-refractivity contribution in [2.75, 3.05) is 13.7 Å². The number of nitrogens with zero attached hydrogens (tertiary/aromatic N) is 1. The van der Waals surface area contributed by atoms with Gasteiger partial charge in [-0.2, -0.15) is 0 Å². The van der Waals surface area contributed by atoms with Crippen molar-refractivity contribution in [3.05, 3.63) is 29.6 Å². The summed E-state index contributed by atoms with van der Waals surface area (Å²) in [6.45, 7) is 0.326. The number of aliphatic carboxylic acids is 1. The number of carbonyl (C=O) groups excluding carboxylic acids is 1. The maximum atomic E-state index is 14.1. The minimum absolute atomic E-state index is 0.0280. The summed E-state index contributed by atoms with van der Waals surface area (Å²) in [4.78, 5) is 24.8. The van der Waals surface area contributed by atoms with Crippen molar-refractivity contribution in [3.8, 4) is 5.75 Å². The summed E-state index contributed by atoms with van der Waals surface area (Å²) < 4.78 is 18.9. The minimum atomic E-state index is -1.05. The monoisotopic (exact) mass is 281 g/mol. The Bertz CT molecular complexity index is 532. The number of methoxy groups -OCH3 is 1. The summed E-state index contributed by atoms with van der Waals surface area (Å²) >= 11 is 0. The van der Waals surface area contributed by atoms with Crippen molar-refractivity contribution in [1.82, 2.24) is 4.90 Å². The number of amides is 1. The van der Waals surface area contributed by atoms with Gasteiger partial charge in [0.1, 0.15) is 6.04 Å². The molecule has 108 valence electrons. The molecule has 1 N–H and O–H groups in total. The lowest BCUT2D eigenvalue weighted by atomic mass is 10.0. The van der Waals surface area contributed by atoms with Crippen LogP contribution in [0.5, 0.6) is 5.75 Å². The van der Waals surface area contributed by atoms with E-state index < -0.39 is 23.7 Å². The highest BCUT2D eigenvalue weighted by Gasteiger charge is 2.33. The van der Waals surface area contributed by atoms with E-state index in [9.17, 15) is 14.0 Å². The Balaban J connectivity index is 2.32. The molecule has 1 aliphatic heterocycles. The van der Waals surface area contributed by atoms with E-state index in [0.717, 1.165) is 12.8 Å². The maximum absolute atomic E-state index is 14.1. The predicted molar refractivity (Wildman–Crippen MR) is 69.3 cm³/mol. The van der Waals surface area contributed by atoms with E-state index in [4.69, 9.17) is 9.84 Å². The van der Waals surface area contributed by atoms with Crippen LogP contribution in [0, 0.1) is 5.82 Å². The fraction of sp³-hybridized carbons (Fsp3) is 0.429. The molecule has 1 heterocycles. The Morgan fingerprint density at radius 2 is 2.15 bits per heavy atom. The van der Waals surface area contributed by atoms with E-state index in [1.54, 1.807) is 0 Å². The van der Waals surface area contributed by atoms with E-state index in [1.165, 1.54) is 30.2 Å². The molecule has 0 bridgehead atoms. The van der Waals surface area contributed by atoms with Crippen LogP contribution in [0.1, 0.15) is 29.6 Å². The number of rotatable bonds is 3.